The highest BCUT2D eigenvalue weighted by molar-refractivity contribution is 8.93. The lowest BCUT2D eigenvalue weighted by Crippen LogP contribution is -2.40. The molecule has 1 atom stereocenters. The Bertz CT molecular complexity index is 369. The predicted molar refractivity (Wildman–Crippen MR) is 94.0 cm³/mol. The molecule has 1 aliphatic rings. The molecule has 114 valence electrons. The van der Waals surface area contributed by atoms with Crippen molar-refractivity contribution in [1.82, 2.24) is 4.90 Å². The van der Waals surface area contributed by atoms with Gasteiger partial charge in [-0.3, -0.25) is 0 Å². The second-order valence-electron chi connectivity index (χ2n) is 5.91. The Labute approximate surface area is 135 Å². The summed E-state index contributed by atoms with van der Waals surface area (Å²) in [5.74, 6) is 0. The average molecular weight is 340 g/mol. The molecule has 2 rings (SSSR count). The van der Waals surface area contributed by atoms with E-state index in [0.717, 1.165) is 6.04 Å². The minimum atomic E-state index is 0. The van der Waals surface area contributed by atoms with Crippen LogP contribution in [-0.2, 0) is 12.8 Å². The molecule has 0 amide bonds. The van der Waals surface area contributed by atoms with E-state index in [1.54, 1.807) is 11.1 Å². The van der Waals surface area contributed by atoms with Gasteiger partial charge in [0, 0.05) is 6.04 Å². The number of rotatable bonds is 7. The van der Waals surface area contributed by atoms with Crippen LogP contribution in [0.4, 0.5) is 0 Å². The number of hydrogen-bond donors (Lipinski definition) is 0. The van der Waals surface area contributed by atoms with Crippen LogP contribution >= 0.6 is 17.0 Å². The van der Waals surface area contributed by atoms with Gasteiger partial charge in [0.15, 0.2) is 0 Å². The van der Waals surface area contributed by atoms with E-state index in [9.17, 15) is 0 Å². The third-order valence-electron chi connectivity index (χ3n) is 4.43. The highest BCUT2D eigenvalue weighted by atomic mass is 79.9. The largest absolute Gasteiger partial charge is 0.300 e. The summed E-state index contributed by atoms with van der Waals surface area (Å²) in [6.45, 7) is 7.19. The molecule has 1 nitrogen and oxygen atoms in total. The number of nitrogens with zero attached hydrogens (tertiary/aromatic N) is 1. The Morgan fingerprint density at radius 3 is 2.20 bits per heavy atom. The van der Waals surface area contributed by atoms with Crippen molar-refractivity contribution in [2.24, 2.45) is 0 Å². The highest BCUT2D eigenvalue weighted by Gasteiger charge is 2.23. The van der Waals surface area contributed by atoms with Crippen molar-refractivity contribution in [2.75, 3.05) is 13.1 Å². The molecule has 0 saturated carbocycles. The zero-order chi connectivity index (χ0) is 13.5. The first-order valence-electron chi connectivity index (χ1n) is 8.16. The van der Waals surface area contributed by atoms with Crippen LogP contribution in [0.2, 0.25) is 0 Å². The van der Waals surface area contributed by atoms with Gasteiger partial charge >= 0.3 is 0 Å². The lowest BCUT2D eigenvalue weighted by atomic mass is 9.87. The van der Waals surface area contributed by atoms with E-state index in [2.05, 4.69) is 43.0 Å². The van der Waals surface area contributed by atoms with Crippen LogP contribution in [0.5, 0.6) is 0 Å². The summed E-state index contributed by atoms with van der Waals surface area (Å²) in [6.07, 6.45) is 9.21. The molecule has 0 N–H and O–H groups in total. The topological polar surface area (TPSA) is 3.24 Å². The second-order valence-corrected chi connectivity index (χ2v) is 5.91. The molecule has 1 unspecified atom stereocenters. The minimum Gasteiger partial charge on any atom is -0.300 e. The summed E-state index contributed by atoms with van der Waals surface area (Å²) < 4.78 is 0. The van der Waals surface area contributed by atoms with Gasteiger partial charge in [-0.05, 0) is 56.3 Å². The molecular formula is C18H30BrN. The molecule has 1 aliphatic carbocycles. The third-order valence-corrected chi connectivity index (χ3v) is 4.43. The normalized spacial score (nSPS) is 17.6. The van der Waals surface area contributed by atoms with E-state index in [-0.39, 0.29) is 17.0 Å². The monoisotopic (exact) mass is 339 g/mol. The van der Waals surface area contributed by atoms with Crippen LogP contribution in [0, 0.1) is 0 Å². The molecule has 0 bridgehead atoms. The van der Waals surface area contributed by atoms with Crippen molar-refractivity contribution in [3.05, 3.63) is 35.4 Å². The fourth-order valence-electron chi connectivity index (χ4n) is 3.19. The number of halogens is 1. The summed E-state index contributed by atoms with van der Waals surface area (Å²) in [5, 5.41) is 0. The Balaban J connectivity index is 0.00000200. The summed E-state index contributed by atoms with van der Waals surface area (Å²) in [4.78, 5) is 2.77. The molecule has 2 heteroatoms. The van der Waals surface area contributed by atoms with Crippen LogP contribution < -0.4 is 0 Å². The molecule has 0 aliphatic heterocycles. The van der Waals surface area contributed by atoms with E-state index in [4.69, 9.17) is 0 Å². The minimum absolute atomic E-state index is 0. The summed E-state index contributed by atoms with van der Waals surface area (Å²) in [5.41, 5.74) is 3.18. The molecule has 1 aromatic carbocycles. The van der Waals surface area contributed by atoms with Crippen LogP contribution in [-0.4, -0.2) is 24.0 Å². The second kappa shape index (κ2) is 9.57. The quantitative estimate of drug-likeness (QED) is 0.673. The lowest BCUT2D eigenvalue weighted by Gasteiger charge is -2.35. The Morgan fingerprint density at radius 1 is 1.00 bits per heavy atom. The van der Waals surface area contributed by atoms with E-state index in [1.165, 1.54) is 58.0 Å². The van der Waals surface area contributed by atoms with E-state index in [0.29, 0.717) is 0 Å². The van der Waals surface area contributed by atoms with Crippen molar-refractivity contribution in [1.29, 1.82) is 0 Å². The zero-order valence-electron chi connectivity index (χ0n) is 13.1. The molecule has 0 fully saturated rings. The lowest BCUT2D eigenvalue weighted by molar-refractivity contribution is 0.174. The van der Waals surface area contributed by atoms with Gasteiger partial charge in [-0.1, -0.05) is 51.0 Å². The van der Waals surface area contributed by atoms with Gasteiger partial charge in [-0.15, -0.1) is 17.0 Å². The summed E-state index contributed by atoms with van der Waals surface area (Å²) >= 11 is 0. The number of hydrogen-bond acceptors (Lipinski definition) is 1. The zero-order valence-corrected chi connectivity index (χ0v) is 14.8. The first kappa shape index (κ1) is 17.7. The Hall–Kier alpha value is -0.340. The van der Waals surface area contributed by atoms with Gasteiger partial charge in [0.2, 0.25) is 0 Å². The molecule has 0 spiro atoms. The van der Waals surface area contributed by atoms with Crippen molar-refractivity contribution in [2.45, 2.75) is 64.8 Å². The number of benzene rings is 1. The van der Waals surface area contributed by atoms with Gasteiger partial charge in [-0.25, -0.2) is 0 Å². The van der Waals surface area contributed by atoms with Crippen LogP contribution in [0.3, 0.4) is 0 Å². The van der Waals surface area contributed by atoms with Crippen molar-refractivity contribution in [3.63, 3.8) is 0 Å². The molecule has 20 heavy (non-hydrogen) atoms. The van der Waals surface area contributed by atoms with E-state index < -0.39 is 0 Å². The van der Waals surface area contributed by atoms with E-state index >= 15 is 0 Å². The summed E-state index contributed by atoms with van der Waals surface area (Å²) in [7, 11) is 0. The Kier molecular flexibility index (Phi) is 8.47. The molecule has 1 aromatic rings. The first-order chi connectivity index (χ1) is 9.35. The number of unbranched alkanes of at least 4 members (excludes halogenated alkanes) is 2. The highest BCUT2D eigenvalue weighted by Crippen LogP contribution is 2.25. The molecule has 0 saturated heterocycles. The Morgan fingerprint density at radius 2 is 1.60 bits per heavy atom. The van der Waals surface area contributed by atoms with Crippen molar-refractivity contribution >= 4 is 17.0 Å². The third kappa shape index (κ3) is 4.89. The van der Waals surface area contributed by atoms with Crippen LogP contribution in [0.25, 0.3) is 0 Å². The summed E-state index contributed by atoms with van der Waals surface area (Å²) in [6, 6.07) is 9.81. The van der Waals surface area contributed by atoms with Crippen LogP contribution in [0.1, 0.15) is 57.1 Å². The maximum atomic E-state index is 2.77. The van der Waals surface area contributed by atoms with Crippen LogP contribution in [0.15, 0.2) is 24.3 Å². The van der Waals surface area contributed by atoms with Gasteiger partial charge in [0.05, 0.1) is 0 Å². The molecular weight excluding hydrogens is 310 g/mol. The fraction of sp³-hybridized carbons (Fsp3) is 0.667. The maximum Gasteiger partial charge on any atom is 0.0139 e. The van der Waals surface area contributed by atoms with Gasteiger partial charge in [-0.2, -0.15) is 0 Å². The fourth-order valence-corrected chi connectivity index (χ4v) is 3.19. The first-order valence-corrected chi connectivity index (χ1v) is 8.16. The SMILES string of the molecule is Br.CCCCN(CCCC)C1CCc2ccccc2C1. The smallest absolute Gasteiger partial charge is 0.0139 e. The maximum absolute atomic E-state index is 2.77. The van der Waals surface area contributed by atoms with Crippen molar-refractivity contribution in [3.8, 4) is 0 Å². The number of fused-ring (bicyclic) bond motifs is 1. The number of aryl methyl sites for hydroxylation is 1. The van der Waals surface area contributed by atoms with E-state index in [1.807, 2.05) is 0 Å². The van der Waals surface area contributed by atoms with Crippen molar-refractivity contribution < 1.29 is 0 Å². The molecule has 0 radical (unpaired) electrons. The molecule has 0 heterocycles. The standard InChI is InChI=1S/C18H29N.BrH/c1-3-5-13-19(14-6-4-2)18-12-11-16-9-7-8-10-17(16)15-18;/h7-10,18H,3-6,11-15H2,1-2H3;1H. The predicted octanol–water partition coefficient (Wildman–Crippen LogP) is 5.02. The molecule has 0 aromatic heterocycles. The average Bonchev–Trinajstić information content (AvgIpc) is 2.47. The van der Waals surface area contributed by atoms with Gasteiger partial charge < -0.3 is 4.90 Å². The van der Waals surface area contributed by atoms with Gasteiger partial charge in [0.25, 0.3) is 0 Å². The van der Waals surface area contributed by atoms with Gasteiger partial charge in [0.1, 0.15) is 0 Å².